The van der Waals surface area contributed by atoms with Gasteiger partial charge in [-0.3, -0.25) is 4.79 Å². The molecule has 1 aromatic heterocycles. The monoisotopic (exact) mass is 395 g/mol. The number of sulfonamides is 1. The van der Waals surface area contributed by atoms with Gasteiger partial charge in [0.25, 0.3) is 5.91 Å². The molecular formula is C16H14ClN3O3S2. The number of nitrogens with one attached hydrogen (secondary N) is 1. The van der Waals surface area contributed by atoms with Crippen LogP contribution in [0, 0.1) is 11.3 Å². The summed E-state index contributed by atoms with van der Waals surface area (Å²) in [6.45, 7) is 0.959. The second kappa shape index (κ2) is 7.14. The first-order valence-electron chi connectivity index (χ1n) is 7.52. The highest BCUT2D eigenvalue weighted by Gasteiger charge is 2.28. The smallest absolute Gasteiger partial charge is 0.257 e. The van der Waals surface area contributed by atoms with Crippen molar-refractivity contribution in [3.63, 3.8) is 0 Å². The zero-order valence-electron chi connectivity index (χ0n) is 13.0. The maximum atomic E-state index is 12.6. The molecule has 1 aliphatic heterocycles. The fourth-order valence-electron chi connectivity index (χ4n) is 2.58. The van der Waals surface area contributed by atoms with Gasteiger partial charge in [0.2, 0.25) is 10.0 Å². The maximum absolute atomic E-state index is 12.6. The van der Waals surface area contributed by atoms with Gasteiger partial charge in [-0.25, -0.2) is 8.42 Å². The molecular weight excluding hydrogens is 382 g/mol. The average Bonchev–Trinajstić information content (AvgIpc) is 3.26. The quantitative estimate of drug-likeness (QED) is 0.859. The lowest BCUT2D eigenvalue weighted by molar-refractivity contribution is 0.102. The van der Waals surface area contributed by atoms with Crippen molar-refractivity contribution >= 4 is 43.9 Å². The molecule has 0 unspecified atom stereocenters. The van der Waals surface area contributed by atoms with Crippen molar-refractivity contribution in [1.29, 1.82) is 5.26 Å². The van der Waals surface area contributed by atoms with E-state index < -0.39 is 15.9 Å². The van der Waals surface area contributed by atoms with Crippen molar-refractivity contribution in [2.75, 3.05) is 18.4 Å². The summed E-state index contributed by atoms with van der Waals surface area (Å²) in [6, 6.07) is 7.66. The number of rotatable bonds is 4. The molecule has 25 heavy (non-hydrogen) atoms. The number of amides is 1. The normalized spacial score (nSPS) is 15.0. The molecule has 0 saturated carbocycles. The van der Waals surface area contributed by atoms with Gasteiger partial charge in [0.05, 0.1) is 21.0 Å². The Morgan fingerprint density at radius 3 is 2.68 bits per heavy atom. The third-order valence-electron chi connectivity index (χ3n) is 3.90. The summed E-state index contributed by atoms with van der Waals surface area (Å²) in [5.41, 5.74) is 0.398. The van der Waals surface area contributed by atoms with Crippen LogP contribution in [0.15, 0.2) is 34.5 Å². The maximum Gasteiger partial charge on any atom is 0.257 e. The number of anilines is 1. The van der Waals surface area contributed by atoms with E-state index in [4.69, 9.17) is 16.9 Å². The summed E-state index contributed by atoms with van der Waals surface area (Å²) in [4.78, 5) is 12.5. The van der Waals surface area contributed by atoms with E-state index >= 15 is 0 Å². The molecule has 130 valence electrons. The number of hydrogen-bond acceptors (Lipinski definition) is 5. The summed E-state index contributed by atoms with van der Waals surface area (Å²) >= 11 is 7.29. The minimum absolute atomic E-state index is 0.0376. The number of halogens is 1. The fourth-order valence-corrected chi connectivity index (χ4v) is 5.06. The van der Waals surface area contributed by atoms with Crippen molar-refractivity contribution in [2.24, 2.45) is 0 Å². The van der Waals surface area contributed by atoms with Gasteiger partial charge in [-0.15, -0.1) is 11.3 Å². The Kier molecular flexibility index (Phi) is 5.11. The number of carbonyl (C=O) groups is 1. The highest BCUT2D eigenvalue weighted by Crippen LogP contribution is 2.27. The third-order valence-corrected chi connectivity index (χ3v) is 6.95. The second-order valence-electron chi connectivity index (χ2n) is 5.48. The van der Waals surface area contributed by atoms with Gasteiger partial charge in [0, 0.05) is 13.1 Å². The first-order chi connectivity index (χ1) is 11.9. The van der Waals surface area contributed by atoms with Crippen LogP contribution in [-0.4, -0.2) is 31.7 Å². The Morgan fingerprint density at radius 1 is 1.28 bits per heavy atom. The lowest BCUT2D eigenvalue weighted by Crippen LogP contribution is -2.28. The first kappa shape index (κ1) is 17.9. The predicted molar refractivity (Wildman–Crippen MR) is 96.4 cm³/mol. The zero-order valence-corrected chi connectivity index (χ0v) is 15.4. The van der Waals surface area contributed by atoms with E-state index in [0.717, 1.165) is 12.8 Å². The van der Waals surface area contributed by atoms with Crippen LogP contribution in [0.3, 0.4) is 0 Å². The molecule has 2 heterocycles. The molecule has 1 saturated heterocycles. The van der Waals surface area contributed by atoms with E-state index in [1.807, 2.05) is 6.07 Å². The molecule has 1 amide bonds. The van der Waals surface area contributed by atoms with E-state index in [1.54, 1.807) is 11.4 Å². The molecule has 0 bridgehead atoms. The van der Waals surface area contributed by atoms with Crippen molar-refractivity contribution in [2.45, 2.75) is 17.7 Å². The number of thiophene rings is 1. The van der Waals surface area contributed by atoms with Crippen LogP contribution in [-0.2, 0) is 10.0 Å². The number of nitrogens with zero attached hydrogens (tertiary/aromatic N) is 2. The van der Waals surface area contributed by atoms with Crippen molar-refractivity contribution in [3.05, 3.63) is 45.8 Å². The summed E-state index contributed by atoms with van der Waals surface area (Å²) in [6.07, 6.45) is 1.66. The number of carbonyl (C=O) groups excluding carboxylic acids is 1. The Balaban J connectivity index is 1.92. The van der Waals surface area contributed by atoms with Crippen LogP contribution >= 0.6 is 22.9 Å². The van der Waals surface area contributed by atoms with E-state index in [1.165, 1.54) is 33.8 Å². The molecule has 6 nitrogen and oxygen atoms in total. The Morgan fingerprint density at radius 2 is 2.00 bits per heavy atom. The number of hydrogen-bond donors (Lipinski definition) is 1. The van der Waals surface area contributed by atoms with Crippen LogP contribution in [0.5, 0.6) is 0 Å². The second-order valence-corrected chi connectivity index (χ2v) is 8.74. The largest absolute Gasteiger partial charge is 0.312 e. The van der Waals surface area contributed by atoms with E-state index in [-0.39, 0.29) is 15.5 Å². The topological polar surface area (TPSA) is 90.3 Å². The van der Waals surface area contributed by atoms with Crippen molar-refractivity contribution < 1.29 is 13.2 Å². The molecule has 1 aliphatic rings. The molecule has 9 heteroatoms. The van der Waals surface area contributed by atoms with Crippen LogP contribution in [0.4, 0.5) is 5.00 Å². The van der Waals surface area contributed by atoms with Crippen LogP contribution < -0.4 is 5.32 Å². The molecule has 2 aromatic rings. The molecule has 1 N–H and O–H groups in total. The van der Waals surface area contributed by atoms with Gasteiger partial charge in [-0.05, 0) is 42.5 Å². The standard InChI is InChI=1S/C16H14ClN3O3S2/c17-14-4-3-12(25(22,23)20-6-1-2-7-20)9-13(14)15(21)19-16-11(10-18)5-8-24-16/h3-5,8-9H,1-2,6-7H2,(H,19,21). The molecule has 1 aromatic carbocycles. The summed E-state index contributed by atoms with van der Waals surface area (Å²) < 4.78 is 26.7. The predicted octanol–water partition coefficient (Wildman–Crippen LogP) is 3.31. The Hall–Kier alpha value is -1.92. The lowest BCUT2D eigenvalue weighted by atomic mass is 10.2. The van der Waals surface area contributed by atoms with Crippen LogP contribution in [0.2, 0.25) is 5.02 Å². The molecule has 0 aliphatic carbocycles. The van der Waals surface area contributed by atoms with Gasteiger partial charge in [0.15, 0.2) is 0 Å². The van der Waals surface area contributed by atoms with Gasteiger partial charge in [0.1, 0.15) is 11.1 Å². The summed E-state index contributed by atoms with van der Waals surface area (Å²) in [5, 5.41) is 13.9. The van der Waals surface area contributed by atoms with E-state index in [2.05, 4.69) is 5.32 Å². The van der Waals surface area contributed by atoms with Crippen molar-refractivity contribution in [1.82, 2.24) is 4.31 Å². The fraction of sp³-hybridized carbons (Fsp3) is 0.250. The van der Waals surface area contributed by atoms with Gasteiger partial charge < -0.3 is 5.32 Å². The SMILES string of the molecule is N#Cc1ccsc1NC(=O)c1cc(S(=O)(=O)N2CCCC2)ccc1Cl. The van der Waals surface area contributed by atoms with E-state index in [0.29, 0.717) is 23.7 Å². The lowest BCUT2D eigenvalue weighted by Gasteiger charge is -2.16. The zero-order chi connectivity index (χ0) is 18.0. The van der Waals surface area contributed by atoms with Gasteiger partial charge in [-0.1, -0.05) is 11.6 Å². The number of benzene rings is 1. The Bertz CT molecular complexity index is 957. The van der Waals surface area contributed by atoms with Gasteiger partial charge >= 0.3 is 0 Å². The molecule has 1 fully saturated rings. The van der Waals surface area contributed by atoms with Gasteiger partial charge in [-0.2, -0.15) is 9.57 Å². The summed E-state index contributed by atoms with van der Waals surface area (Å²) in [5.74, 6) is -0.553. The molecule has 0 radical (unpaired) electrons. The molecule has 0 spiro atoms. The third kappa shape index (κ3) is 3.55. The van der Waals surface area contributed by atoms with Crippen LogP contribution in [0.25, 0.3) is 0 Å². The molecule has 3 rings (SSSR count). The Labute approximate surface area is 154 Å². The minimum Gasteiger partial charge on any atom is -0.312 e. The van der Waals surface area contributed by atoms with E-state index in [9.17, 15) is 13.2 Å². The highest BCUT2D eigenvalue weighted by atomic mass is 35.5. The average molecular weight is 396 g/mol. The minimum atomic E-state index is -3.64. The molecule has 0 atom stereocenters. The van der Waals surface area contributed by atoms with Crippen LogP contribution in [0.1, 0.15) is 28.8 Å². The summed E-state index contributed by atoms with van der Waals surface area (Å²) in [7, 11) is -3.64. The highest BCUT2D eigenvalue weighted by molar-refractivity contribution is 7.89. The van der Waals surface area contributed by atoms with Crippen molar-refractivity contribution in [3.8, 4) is 6.07 Å². The first-order valence-corrected chi connectivity index (χ1v) is 10.2. The number of nitriles is 1.